The summed E-state index contributed by atoms with van der Waals surface area (Å²) in [6, 6.07) is 5.78. The number of hydrogen-bond acceptors (Lipinski definition) is 3. The third kappa shape index (κ3) is 2.64. The van der Waals surface area contributed by atoms with E-state index in [1.165, 1.54) is 0 Å². The molecule has 2 N–H and O–H groups in total. The monoisotopic (exact) mass is 299 g/mol. The molecule has 1 aliphatic rings. The van der Waals surface area contributed by atoms with Crippen molar-refractivity contribution in [3.05, 3.63) is 28.2 Å². The van der Waals surface area contributed by atoms with Crippen LogP contribution in [-0.4, -0.2) is 19.8 Å². The van der Waals surface area contributed by atoms with Gasteiger partial charge in [-0.15, -0.1) is 0 Å². The van der Waals surface area contributed by atoms with Crippen molar-refractivity contribution < 1.29 is 9.47 Å². The third-order valence-electron chi connectivity index (χ3n) is 3.37. The van der Waals surface area contributed by atoms with E-state index >= 15 is 0 Å². The Labute approximate surface area is 110 Å². The first-order valence-electron chi connectivity index (χ1n) is 5.84. The normalized spacial score (nSPS) is 25.9. The second-order valence-corrected chi connectivity index (χ2v) is 5.37. The average Bonchev–Trinajstić information content (AvgIpc) is 2.74. The van der Waals surface area contributed by atoms with Gasteiger partial charge >= 0.3 is 0 Å². The summed E-state index contributed by atoms with van der Waals surface area (Å²) >= 11 is 3.54. The Balaban J connectivity index is 2.21. The summed E-state index contributed by atoms with van der Waals surface area (Å²) in [6.07, 6.45) is 1.20. The summed E-state index contributed by atoms with van der Waals surface area (Å²) in [7, 11) is 1.66. The van der Waals surface area contributed by atoms with E-state index in [0.717, 1.165) is 28.8 Å². The summed E-state index contributed by atoms with van der Waals surface area (Å²) < 4.78 is 11.9. The Morgan fingerprint density at radius 2 is 2.29 bits per heavy atom. The zero-order chi connectivity index (χ0) is 12.4. The van der Waals surface area contributed by atoms with Gasteiger partial charge in [-0.25, -0.2) is 0 Å². The highest BCUT2D eigenvalue weighted by Gasteiger charge is 2.31. The molecule has 0 aliphatic carbocycles. The Bertz CT molecular complexity index is 397. The predicted molar refractivity (Wildman–Crippen MR) is 71.1 cm³/mol. The van der Waals surface area contributed by atoms with E-state index in [1.807, 2.05) is 18.2 Å². The number of nitrogens with two attached hydrogens (primary N) is 1. The highest BCUT2D eigenvalue weighted by molar-refractivity contribution is 9.10. The molecule has 0 amide bonds. The molecule has 0 radical (unpaired) electrons. The zero-order valence-corrected chi connectivity index (χ0v) is 11.7. The second kappa shape index (κ2) is 5.38. The molecule has 94 valence electrons. The standard InChI is InChI=1S/C13H18BrNO2/c1-8-5-6-17-13(8)12(15)10-4-3-9(16-2)7-11(10)14/h3-4,7-8,12-13H,5-6,15H2,1-2H3. The van der Waals surface area contributed by atoms with Crippen LogP contribution in [0.2, 0.25) is 0 Å². The SMILES string of the molecule is COc1ccc(C(N)C2OCCC2C)c(Br)c1. The van der Waals surface area contributed by atoms with E-state index in [0.29, 0.717) is 5.92 Å². The van der Waals surface area contributed by atoms with Gasteiger partial charge in [-0.3, -0.25) is 0 Å². The Hall–Kier alpha value is -0.580. The van der Waals surface area contributed by atoms with E-state index in [1.54, 1.807) is 7.11 Å². The molecule has 0 aromatic heterocycles. The molecule has 1 saturated heterocycles. The smallest absolute Gasteiger partial charge is 0.120 e. The van der Waals surface area contributed by atoms with Gasteiger partial charge < -0.3 is 15.2 Å². The Morgan fingerprint density at radius 3 is 2.82 bits per heavy atom. The molecule has 1 aromatic carbocycles. The first kappa shape index (κ1) is 12.9. The molecule has 3 nitrogen and oxygen atoms in total. The number of rotatable bonds is 3. The van der Waals surface area contributed by atoms with Crippen molar-refractivity contribution in [3.8, 4) is 5.75 Å². The van der Waals surface area contributed by atoms with Gasteiger partial charge in [0.1, 0.15) is 5.75 Å². The van der Waals surface area contributed by atoms with E-state index in [9.17, 15) is 0 Å². The Kier molecular flexibility index (Phi) is 4.07. The molecule has 3 unspecified atom stereocenters. The van der Waals surface area contributed by atoms with Crippen molar-refractivity contribution in [2.24, 2.45) is 11.7 Å². The van der Waals surface area contributed by atoms with Gasteiger partial charge in [0, 0.05) is 11.1 Å². The minimum atomic E-state index is -0.0900. The second-order valence-electron chi connectivity index (χ2n) is 4.51. The van der Waals surface area contributed by atoms with Gasteiger partial charge in [-0.2, -0.15) is 0 Å². The number of hydrogen-bond donors (Lipinski definition) is 1. The van der Waals surface area contributed by atoms with Crippen LogP contribution in [-0.2, 0) is 4.74 Å². The third-order valence-corrected chi connectivity index (χ3v) is 4.05. The van der Waals surface area contributed by atoms with Crippen molar-refractivity contribution in [2.45, 2.75) is 25.5 Å². The minimum absolute atomic E-state index is 0.0900. The van der Waals surface area contributed by atoms with Gasteiger partial charge in [0.2, 0.25) is 0 Å². The van der Waals surface area contributed by atoms with Crippen molar-refractivity contribution in [2.75, 3.05) is 13.7 Å². The molecular formula is C13H18BrNO2. The van der Waals surface area contributed by atoms with Crippen LogP contribution in [0.15, 0.2) is 22.7 Å². The maximum Gasteiger partial charge on any atom is 0.120 e. The number of benzene rings is 1. The van der Waals surface area contributed by atoms with Crippen LogP contribution in [0, 0.1) is 5.92 Å². The lowest BCUT2D eigenvalue weighted by Crippen LogP contribution is -2.30. The summed E-state index contributed by atoms with van der Waals surface area (Å²) in [5.41, 5.74) is 7.36. The minimum Gasteiger partial charge on any atom is -0.497 e. The van der Waals surface area contributed by atoms with Crippen molar-refractivity contribution >= 4 is 15.9 Å². The summed E-state index contributed by atoms with van der Waals surface area (Å²) in [6.45, 7) is 3.00. The molecule has 17 heavy (non-hydrogen) atoms. The molecule has 0 saturated carbocycles. The molecule has 3 atom stereocenters. The van der Waals surface area contributed by atoms with Gasteiger partial charge in [0.25, 0.3) is 0 Å². The molecule has 4 heteroatoms. The molecule has 0 bridgehead atoms. The van der Waals surface area contributed by atoms with Crippen molar-refractivity contribution in [3.63, 3.8) is 0 Å². The van der Waals surface area contributed by atoms with Crippen LogP contribution < -0.4 is 10.5 Å². The quantitative estimate of drug-likeness (QED) is 0.933. The maximum absolute atomic E-state index is 6.29. The van der Waals surface area contributed by atoms with Crippen LogP contribution in [0.25, 0.3) is 0 Å². The van der Waals surface area contributed by atoms with E-state index in [2.05, 4.69) is 22.9 Å². The molecule has 1 heterocycles. The first-order valence-corrected chi connectivity index (χ1v) is 6.63. The van der Waals surface area contributed by atoms with Crippen molar-refractivity contribution in [1.29, 1.82) is 0 Å². The summed E-state index contributed by atoms with van der Waals surface area (Å²) in [5.74, 6) is 1.34. The maximum atomic E-state index is 6.29. The molecule has 0 spiro atoms. The molecule has 2 rings (SSSR count). The fourth-order valence-electron chi connectivity index (χ4n) is 2.26. The van der Waals surface area contributed by atoms with Crippen LogP contribution in [0.1, 0.15) is 24.9 Å². The Morgan fingerprint density at radius 1 is 1.53 bits per heavy atom. The van der Waals surface area contributed by atoms with Crippen molar-refractivity contribution in [1.82, 2.24) is 0 Å². The van der Waals surface area contributed by atoms with E-state index in [-0.39, 0.29) is 12.1 Å². The topological polar surface area (TPSA) is 44.5 Å². The number of methoxy groups -OCH3 is 1. The van der Waals surface area contributed by atoms with Gasteiger partial charge in [-0.1, -0.05) is 28.9 Å². The molecule has 1 fully saturated rings. The molecule has 1 aromatic rings. The number of halogens is 1. The highest BCUT2D eigenvalue weighted by Crippen LogP contribution is 2.34. The van der Waals surface area contributed by atoms with E-state index < -0.39 is 0 Å². The lowest BCUT2D eigenvalue weighted by Gasteiger charge is -2.23. The number of ether oxygens (including phenoxy) is 2. The molecular weight excluding hydrogens is 282 g/mol. The van der Waals surface area contributed by atoms with Crippen LogP contribution in [0.5, 0.6) is 5.75 Å². The van der Waals surface area contributed by atoms with Crippen LogP contribution in [0.3, 0.4) is 0 Å². The zero-order valence-electron chi connectivity index (χ0n) is 10.2. The summed E-state index contributed by atoms with van der Waals surface area (Å²) in [5, 5.41) is 0. The first-order chi connectivity index (χ1) is 8.13. The van der Waals surface area contributed by atoms with Crippen LogP contribution in [0.4, 0.5) is 0 Å². The van der Waals surface area contributed by atoms with Gasteiger partial charge in [0.05, 0.1) is 19.3 Å². The van der Waals surface area contributed by atoms with E-state index in [4.69, 9.17) is 15.2 Å². The molecule has 1 aliphatic heterocycles. The largest absolute Gasteiger partial charge is 0.497 e. The lowest BCUT2D eigenvalue weighted by atomic mass is 9.93. The highest BCUT2D eigenvalue weighted by atomic mass is 79.9. The summed E-state index contributed by atoms with van der Waals surface area (Å²) in [4.78, 5) is 0. The predicted octanol–water partition coefficient (Wildman–Crippen LogP) is 2.88. The fourth-order valence-corrected chi connectivity index (χ4v) is 2.88. The van der Waals surface area contributed by atoms with Crippen LogP contribution >= 0.6 is 15.9 Å². The fraction of sp³-hybridized carbons (Fsp3) is 0.538. The van der Waals surface area contributed by atoms with Gasteiger partial charge in [0.15, 0.2) is 0 Å². The lowest BCUT2D eigenvalue weighted by molar-refractivity contribution is 0.0723. The average molecular weight is 300 g/mol. The van der Waals surface area contributed by atoms with Gasteiger partial charge in [-0.05, 0) is 30.0 Å².